The first-order valence-corrected chi connectivity index (χ1v) is 5.96. The molecule has 0 saturated carbocycles. The third-order valence-electron chi connectivity index (χ3n) is 2.51. The van der Waals surface area contributed by atoms with Crippen LogP contribution in [0.4, 0.5) is 0 Å². The van der Waals surface area contributed by atoms with Crippen molar-refractivity contribution >= 4 is 17.0 Å². The number of hydrogen-bond acceptors (Lipinski definition) is 3. The molecule has 0 amide bonds. The van der Waals surface area contributed by atoms with Crippen LogP contribution in [0.2, 0.25) is 0 Å². The van der Waals surface area contributed by atoms with Crippen LogP contribution in [0.3, 0.4) is 0 Å². The lowest BCUT2D eigenvalue weighted by Gasteiger charge is -1.97. The Hall–Kier alpha value is -1.59. The van der Waals surface area contributed by atoms with Crippen molar-refractivity contribution in [1.29, 1.82) is 0 Å². The Labute approximate surface area is 96.4 Å². The average Bonchev–Trinajstić information content (AvgIpc) is 2.93. The summed E-state index contributed by atoms with van der Waals surface area (Å²) in [5, 5.41) is 15.5. The monoisotopic (exact) mass is 233 g/mol. The Morgan fingerprint density at radius 1 is 1.38 bits per heavy atom. The molecule has 0 saturated heterocycles. The zero-order chi connectivity index (χ0) is 11.0. The zero-order valence-electron chi connectivity index (χ0n) is 8.58. The average molecular weight is 233 g/mol. The van der Waals surface area contributed by atoms with Crippen molar-refractivity contribution in [2.75, 3.05) is 6.61 Å². The molecule has 0 aliphatic rings. The fourth-order valence-corrected chi connectivity index (χ4v) is 2.45. The van der Waals surface area contributed by atoms with Gasteiger partial charge in [-0.3, -0.25) is 0 Å². The van der Waals surface area contributed by atoms with Crippen LogP contribution in [0, 0.1) is 0 Å². The van der Waals surface area contributed by atoms with E-state index in [2.05, 4.69) is 11.2 Å². The zero-order valence-corrected chi connectivity index (χ0v) is 9.39. The summed E-state index contributed by atoms with van der Waals surface area (Å²) < 4.78 is 3.83. The topological polar surface area (TPSA) is 42.5 Å². The van der Waals surface area contributed by atoms with E-state index in [0.29, 0.717) is 6.54 Å². The number of thiophene rings is 1. The van der Waals surface area contributed by atoms with Gasteiger partial charge in [-0.25, -0.2) is 4.52 Å². The molecular formula is C11H11N3OS. The summed E-state index contributed by atoms with van der Waals surface area (Å²) in [5.74, 6) is 0. The molecule has 82 valence electrons. The summed E-state index contributed by atoms with van der Waals surface area (Å²) in [6, 6.07) is 6.12. The van der Waals surface area contributed by atoms with E-state index >= 15 is 0 Å². The number of rotatable bonds is 3. The Kier molecular flexibility index (Phi) is 2.27. The lowest BCUT2D eigenvalue weighted by atomic mass is 10.3. The standard InChI is InChI=1S/C11H11N3OS/c15-6-5-13-3-4-14-11(13)8-9(12-14)10-2-1-7-16-10/h1-4,7-8,15H,5-6H2. The van der Waals surface area contributed by atoms with Gasteiger partial charge in [-0.2, -0.15) is 5.10 Å². The predicted molar refractivity (Wildman–Crippen MR) is 63.6 cm³/mol. The highest BCUT2D eigenvalue weighted by Crippen LogP contribution is 2.24. The van der Waals surface area contributed by atoms with E-state index in [9.17, 15) is 0 Å². The van der Waals surface area contributed by atoms with Gasteiger partial charge in [-0.05, 0) is 11.4 Å². The molecule has 1 N–H and O–H groups in total. The first kappa shape index (κ1) is 9.62. The van der Waals surface area contributed by atoms with Crippen LogP contribution in [0.25, 0.3) is 16.2 Å². The lowest BCUT2D eigenvalue weighted by Crippen LogP contribution is -1.99. The molecule has 5 heteroatoms. The molecule has 0 fully saturated rings. The molecule has 0 unspecified atom stereocenters. The van der Waals surface area contributed by atoms with Gasteiger partial charge in [0.25, 0.3) is 0 Å². The van der Waals surface area contributed by atoms with E-state index in [4.69, 9.17) is 5.11 Å². The Bertz CT molecular complexity index is 594. The number of aromatic nitrogens is 3. The summed E-state index contributed by atoms with van der Waals surface area (Å²) in [5.41, 5.74) is 2.00. The number of aliphatic hydroxyl groups is 1. The minimum absolute atomic E-state index is 0.143. The van der Waals surface area contributed by atoms with Crippen molar-refractivity contribution < 1.29 is 5.11 Å². The van der Waals surface area contributed by atoms with Crippen LogP contribution in [0.5, 0.6) is 0 Å². The maximum absolute atomic E-state index is 8.94. The quantitative estimate of drug-likeness (QED) is 0.750. The molecule has 16 heavy (non-hydrogen) atoms. The van der Waals surface area contributed by atoms with E-state index in [1.54, 1.807) is 11.3 Å². The van der Waals surface area contributed by atoms with Crippen LogP contribution in [-0.4, -0.2) is 25.9 Å². The van der Waals surface area contributed by atoms with E-state index in [0.717, 1.165) is 11.3 Å². The van der Waals surface area contributed by atoms with Crippen LogP contribution in [-0.2, 0) is 6.54 Å². The van der Waals surface area contributed by atoms with Crippen LogP contribution in [0.15, 0.2) is 36.0 Å². The highest BCUT2D eigenvalue weighted by atomic mass is 32.1. The fraction of sp³-hybridized carbons (Fsp3) is 0.182. The fourth-order valence-electron chi connectivity index (χ4n) is 1.77. The van der Waals surface area contributed by atoms with Gasteiger partial charge in [-0.15, -0.1) is 11.3 Å². The smallest absolute Gasteiger partial charge is 0.136 e. The molecule has 0 aromatic carbocycles. The van der Waals surface area contributed by atoms with Crippen LogP contribution >= 0.6 is 11.3 Å². The number of imidazole rings is 1. The van der Waals surface area contributed by atoms with Gasteiger partial charge in [0.2, 0.25) is 0 Å². The second-order valence-corrected chi connectivity index (χ2v) is 4.47. The summed E-state index contributed by atoms with van der Waals surface area (Å²) in [4.78, 5) is 1.17. The van der Waals surface area contributed by atoms with E-state index in [-0.39, 0.29) is 6.61 Å². The van der Waals surface area contributed by atoms with Crippen molar-refractivity contribution in [1.82, 2.24) is 14.2 Å². The summed E-state index contributed by atoms with van der Waals surface area (Å²) in [6.07, 6.45) is 3.83. The Morgan fingerprint density at radius 3 is 3.06 bits per heavy atom. The van der Waals surface area contributed by atoms with Gasteiger partial charge in [0.05, 0.1) is 11.5 Å². The number of hydrogen-bond donors (Lipinski definition) is 1. The summed E-state index contributed by atoms with van der Waals surface area (Å²) in [6.45, 7) is 0.746. The van der Waals surface area contributed by atoms with Crippen molar-refractivity contribution in [3.63, 3.8) is 0 Å². The second-order valence-electron chi connectivity index (χ2n) is 3.52. The molecule has 0 aliphatic heterocycles. The molecule has 0 radical (unpaired) electrons. The largest absolute Gasteiger partial charge is 0.395 e. The number of aliphatic hydroxyl groups excluding tert-OH is 1. The van der Waals surface area contributed by atoms with Crippen molar-refractivity contribution in [3.8, 4) is 10.6 Å². The first-order valence-electron chi connectivity index (χ1n) is 5.08. The highest BCUT2D eigenvalue weighted by molar-refractivity contribution is 7.13. The first-order chi connectivity index (χ1) is 7.88. The van der Waals surface area contributed by atoms with Gasteiger partial charge >= 0.3 is 0 Å². The van der Waals surface area contributed by atoms with Gasteiger partial charge in [0, 0.05) is 25.0 Å². The summed E-state index contributed by atoms with van der Waals surface area (Å²) in [7, 11) is 0. The lowest BCUT2D eigenvalue weighted by molar-refractivity contribution is 0.278. The van der Waals surface area contributed by atoms with Crippen molar-refractivity contribution in [2.45, 2.75) is 6.54 Å². The number of nitrogens with zero attached hydrogens (tertiary/aromatic N) is 3. The molecule has 3 heterocycles. The molecule has 0 bridgehead atoms. The van der Waals surface area contributed by atoms with Gasteiger partial charge in [-0.1, -0.05) is 6.07 Å². The molecule has 3 aromatic heterocycles. The number of fused-ring (bicyclic) bond motifs is 1. The summed E-state index contributed by atoms with van der Waals surface area (Å²) >= 11 is 1.68. The minimum atomic E-state index is 0.143. The van der Waals surface area contributed by atoms with Gasteiger partial charge in [0.15, 0.2) is 0 Å². The van der Waals surface area contributed by atoms with E-state index in [1.807, 2.05) is 39.0 Å². The van der Waals surface area contributed by atoms with Gasteiger partial charge in [0.1, 0.15) is 11.3 Å². The minimum Gasteiger partial charge on any atom is -0.395 e. The molecular weight excluding hydrogens is 222 g/mol. The maximum Gasteiger partial charge on any atom is 0.136 e. The third kappa shape index (κ3) is 1.45. The normalized spacial score (nSPS) is 11.3. The third-order valence-corrected chi connectivity index (χ3v) is 3.41. The molecule has 0 atom stereocenters. The van der Waals surface area contributed by atoms with E-state index in [1.165, 1.54) is 4.88 Å². The molecule has 3 rings (SSSR count). The van der Waals surface area contributed by atoms with Crippen LogP contribution < -0.4 is 0 Å². The van der Waals surface area contributed by atoms with E-state index < -0.39 is 0 Å². The maximum atomic E-state index is 8.94. The second kappa shape index (κ2) is 3.77. The highest BCUT2D eigenvalue weighted by Gasteiger charge is 2.08. The van der Waals surface area contributed by atoms with Crippen molar-refractivity contribution in [3.05, 3.63) is 36.0 Å². The molecule has 0 aliphatic carbocycles. The van der Waals surface area contributed by atoms with Crippen LogP contribution in [0.1, 0.15) is 0 Å². The Balaban J connectivity index is 2.09. The van der Waals surface area contributed by atoms with Gasteiger partial charge < -0.3 is 9.67 Å². The SMILES string of the molecule is OCCn1ccn2nc(-c3cccs3)cc12. The van der Waals surface area contributed by atoms with Crippen molar-refractivity contribution in [2.24, 2.45) is 0 Å². The molecule has 0 spiro atoms. The molecule has 3 aromatic rings. The molecule has 4 nitrogen and oxygen atoms in total. The Morgan fingerprint density at radius 2 is 2.31 bits per heavy atom. The predicted octanol–water partition coefficient (Wildman–Crippen LogP) is 1.86.